The van der Waals surface area contributed by atoms with E-state index in [1.54, 1.807) is 6.20 Å². The number of H-pyrrole nitrogens is 1. The zero-order chi connectivity index (χ0) is 13.7. The lowest BCUT2D eigenvalue weighted by atomic mass is 10.3. The first-order chi connectivity index (χ1) is 9.30. The van der Waals surface area contributed by atoms with Crippen LogP contribution in [0.5, 0.6) is 0 Å². The molecule has 7 nitrogen and oxygen atoms in total. The quantitative estimate of drug-likeness (QED) is 0.691. The molecule has 0 aliphatic rings. The highest BCUT2D eigenvalue weighted by Gasteiger charge is 2.14. The van der Waals surface area contributed by atoms with E-state index in [0.29, 0.717) is 12.4 Å². The summed E-state index contributed by atoms with van der Waals surface area (Å²) < 4.78 is 0. The number of aliphatic hydroxyl groups excluding tert-OH is 1. The third-order valence-electron chi connectivity index (χ3n) is 2.89. The molecule has 7 heteroatoms. The molecule has 0 aliphatic carbocycles. The Morgan fingerprint density at radius 3 is 2.89 bits per heavy atom. The standard InChI is InChI=1S/C12H20N6O/c1-3-13-12-15-10-9(8-14-17-10)11(16-12)18(4-2)6-5-7-19/h8,19H,3-7H2,1-2H3,(H2,13,14,15,16,17). The molecule has 0 unspecified atom stereocenters. The van der Waals surface area contributed by atoms with E-state index in [9.17, 15) is 0 Å². The number of hydrogen-bond donors (Lipinski definition) is 3. The summed E-state index contributed by atoms with van der Waals surface area (Å²) in [5.74, 6) is 1.45. The zero-order valence-corrected chi connectivity index (χ0v) is 11.3. The summed E-state index contributed by atoms with van der Waals surface area (Å²) in [6.07, 6.45) is 2.45. The third kappa shape index (κ3) is 2.93. The van der Waals surface area contributed by atoms with Gasteiger partial charge in [0.25, 0.3) is 0 Å². The van der Waals surface area contributed by atoms with Crippen molar-refractivity contribution in [2.75, 3.05) is 36.5 Å². The number of nitrogens with zero attached hydrogens (tertiary/aromatic N) is 4. The zero-order valence-electron chi connectivity index (χ0n) is 11.3. The van der Waals surface area contributed by atoms with E-state index < -0.39 is 0 Å². The van der Waals surface area contributed by atoms with Crippen LogP contribution in [0.15, 0.2) is 6.20 Å². The lowest BCUT2D eigenvalue weighted by Crippen LogP contribution is -2.26. The maximum Gasteiger partial charge on any atom is 0.226 e. The molecule has 2 rings (SSSR count). The highest BCUT2D eigenvalue weighted by molar-refractivity contribution is 5.87. The molecule has 104 valence electrons. The van der Waals surface area contributed by atoms with Crippen LogP contribution in [0, 0.1) is 0 Å². The Hall–Kier alpha value is -1.89. The molecule has 2 aromatic rings. The van der Waals surface area contributed by atoms with Crippen molar-refractivity contribution < 1.29 is 5.11 Å². The van der Waals surface area contributed by atoms with Crippen molar-refractivity contribution in [3.63, 3.8) is 0 Å². The first-order valence-corrected chi connectivity index (χ1v) is 6.60. The topological polar surface area (TPSA) is 90.0 Å². The Morgan fingerprint density at radius 1 is 1.37 bits per heavy atom. The molecule has 0 fully saturated rings. The summed E-state index contributed by atoms with van der Waals surface area (Å²) in [5.41, 5.74) is 0.725. The Balaban J connectivity index is 2.40. The summed E-state index contributed by atoms with van der Waals surface area (Å²) in [7, 11) is 0. The summed E-state index contributed by atoms with van der Waals surface area (Å²) in [5, 5.41) is 19.9. The lowest BCUT2D eigenvalue weighted by Gasteiger charge is -2.22. The Kier molecular flexibility index (Phi) is 4.51. The van der Waals surface area contributed by atoms with Gasteiger partial charge in [-0.3, -0.25) is 5.10 Å². The molecule has 2 heterocycles. The number of hydrogen-bond acceptors (Lipinski definition) is 6. The molecule has 0 aliphatic heterocycles. The second-order valence-corrected chi connectivity index (χ2v) is 4.19. The van der Waals surface area contributed by atoms with Crippen LogP contribution in [-0.2, 0) is 0 Å². The van der Waals surface area contributed by atoms with E-state index in [1.807, 2.05) is 6.92 Å². The lowest BCUT2D eigenvalue weighted by molar-refractivity contribution is 0.289. The number of nitrogens with one attached hydrogen (secondary N) is 2. The smallest absolute Gasteiger partial charge is 0.226 e. The minimum atomic E-state index is 0.177. The van der Waals surface area contributed by atoms with Crippen LogP contribution in [0.1, 0.15) is 20.3 Å². The predicted molar refractivity (Wildman–Crippen MR) is 75.4 cm³/mol. The van der Waals surface area contributed by atoms with Gasteiger partial charge in [-0.25, -0.2) is 0 Å². The maximum absolute atomic E-state index is 8.98. The molecule has 19 heavy (non-hydrogen) atoms. The number of aromatic nitrogens is 4. The van der Waals surface area contributed by atoms with E-state index in [-0.39, 0.29) is 6.61 Å². The Labute approximate surface area is 112 Å². The Morgan fingerprint density at radius 2 is 2.21 bits per heavy atom. The van der Waals surface area contributed by atoms with Gasteiger partial charge in [-0.1, -0.05) is 0 Å². The van der Waals surface area contributed by atoms with Crippen molar-refractivity contribution in [3.05, 3.63) is 6.20 Å². The minimum absolute atomic E-state index is 0.177. The van der Waals surface area contributed by atoms with Crippen molar-refractivity contribution >= 4 is 22.8 Å². The van der Waals surface area contributed by atoms with Gasteiger partial charge in [-0.05, 0) is 20.3 Å². The van der Waals surface area contributed by atoms with Crippen molar-refractivity contribution in [2.45, 2.75) is 20.3 Å². The minimum Gasteiger partial charge on any atom is -0.396 e. The van der Waals surface area contributed by atoms with E-state index in [1.165, 1.54) is 0 Å². The molecule has 0 aromatic carbocycles. The van der Waals surface area contributed by atoms with Crippen LogP contribution in [0.2, 0.25) is 0 Å². The number of rotatable bonds is 7. The van der Waals surface area contributed by atoms with Crippen LogP contribution < -0.4 is 10.2 Å². The molecule has 3 N–H and O–H groups in total. The fourth-order valence-electron chi connectivity index (χ4n) is 1.97. The summed E-state index contributed by atoms with van der Waals surface area (Å²) >= 11 is 0. The van der Waals surface area contributed by atoms with Crippen LogP contribution in [0.4, 0.5) is 11.8 Å². The molecular weight excluding hydrogens is 244 g/mol. The third-order valence-corrected chi connectivity index (χ3v) is 2.89. The summed E-state index contributed by atoms with van der Waals surface area (Å²) in [6, 6.07) is 0. The summed E-state index contributed by atoms with van der Waals surface area (Å²) in [4.78, 5) is 11.0. The van der Waals surface area contributed by atoms with Gasteiger partial charge >= 0.3 is 0 Å². The van der Waals surface area contributed by atoms with Crippen LogP contribution in [0.3, 0.4) is 0 Å². The molecule has 0 bridgehead atoms. The molecule has 0 atom stereocenters. The molecular formula is C12H20N6O. The molecule has 0 amide bonds. The fourth-order valence-corrected chi connectivity index (χ4v) is 1.97. The fraction of sp³-hybridized carbons (Fsp3) is 0.583. The first kappa shape index (κ1) is 13.5. The summed E-state index contributed by atoms with van der Waals surface area (Å²) in [6.45, 7) is 6.60. The number of fused-ring (bicyclic) bond motifs is 1. The first-order valence-electron chi connectivity index (χ1n) is 6.60. The van der Waals surface area contributed by atoms with Crippen LogP contribution in [-0.4, -0.2) is 51.5 Å². The number of anilines is 2. The molecule has 0 spiro atoms. The van der Waals surface area contributed by atoms with Gasteiger partial charge in [0, 0.05) is 26.2 Å². The van der Waals surface area contributed by atoms with Gasteiger partial charge < -0.3 is 15.3 Å². The largest absolute Gasteiger partial charge is 0.396 e. The van der Waals surface area contributed by atoms with Gasteiger partial charge in [0.1, 0.15) is 5.82 Å². The van der Waals surface area contributed by atoms with Crippen molar-refractivity contribution in [3.8, 4) is 0 Å². The SMILES string of the molecule is CCNc1nc(N(CC)CCCO)c2cn[nH]c2n1. The number of aliphatic hydroxyl groups is 1. The van der Waals surface area contributed by atoms with Gasteiger partial charge in [0.05, 0.1) is 11.6 Å². The monoisotopic (exact) mass is 264 g/mol. The second kappa shape index (κ2) is 6.33. The van der Waals surface area contributed by atoms with Crippen molar-refractivity contribution in [2.24, 2.45) is 0 Å². The van der Waals surface area contributed by atoms with Crippen LogP contribution >= 0.6 is 0 Å². The average molecular weight is 264 g/mol. The van der Waals surface area contributed by atoms with E-state index in [0.717, 1.165) is 36.5 Å². The second-order valence-electron chi connectivity index (χ2n) is 4.19. The van der Waals surface area contributed by atoms with Gasteiger partial charge in [0.15, 0.2) is 5.65 Å². The van der Waals surface area contributed by atoms with Crippen molar-refractivity contribution in [1.29, 1.82) is 0 Å². The van der Waals surface area contributed by atoms with E-state index >= 15 is 0 Å². The highest BCUT2D eigenvalue weighted by atomic mass is 16.3. The van der Waals surface area contributed by atoms with E-state index in [2.05, 4.69) is 37.3 Å². The van der Waals surface area contributed by atoms with Gasteiger partial charge in [0.2, 0.25) is 5.95 Å². The molecule has 0 radical (unpaired) electrons. The average Bonchev–Trinajstić information content (AvgIpc) is 2.88. The van der Waals surface area contributed by atoms with Crippen LogP contribution in [0.25, 0.3) is 11.0 Å². The molecule has 2 aromatic heterocycles. The normalized spacial score (nSPS) is 10.9. The van der Waals surface area contributed by atoms with Gasteiger partial charge in [-0.15, -0.1) is 0 Å². The molecule has 0 saturated carbocycles. The van der Waals surface area contributed by atoms with E-state index in [4.69, 9.17) is 5.11 Å². The predicted octanol–water partition coefficient (Wildman–Crippen LogP) is 0.993. The molecule has 0 saturated heterocycles. The maximum atomic E-state index is 8.98. The van der Waals surface area contributed by atoms with Gasteiger partial charge in [-0.2, -0.15) is 15.1 Å². The highest BCUT2D eigenvalue weighted by Crippen LogP contribution is 2.23. The Bertz CT molecular complexity index is 526. The van der Waals surface area contributed by atoms with Crippen molar-refractivity contribution in [1.82, 2.24) is 20.2 Å². The number of aromatic amines is 1.